The van der Waals surface area contributed by atoms with Gasteiger partial charge in [-0.2, -0.15) is 0 Å². The van der Waals surface area contributed by atoms with Crippen LogP contribution in [0.2, 0.25) is 0 Å². The largest absolute Gasteiger partial charge is 0.496 e. The minimum atomic E-state index is 0.433. The summed E-state index contributed by atoms with van der Waals surface area (Å²) in [6, 6.07) is 9.00. The Bertz CT molecular complexity index is 856. The highest BCUT2D eigenvalue weighted by Gasteiger charge is 2.26. The first-order valence-corrected chi connectivity index (χ1v) is 9.05. The molecule has 3 heterocycles. The van der Waals surface area contributed by atoms with E-state index in [1.165, 1.54) is 46.9 Å². The third-order valence-corrected chi connectivity index (χ3v) is 5.38. The summed E-state index contributed by atoms with van der Waals surface area (Å²) in [4.78, 5) is 10.3. The van der Waals surface area contributed by atoms with Crippen molar-refractivity contribution in [2.75, 3.05) is 13.7 Å². The zero-order valence-corrected chi connectivity index (χ0v) is 15.0. The van der Waals surface area contributed by atoms with E-state index in [0.717, 1.165) is 18.8 Å². The molecule has 0 unspecified atom stereocenters. The van der Waals surface area contributed by atoms with Crippen LogP contribution >= 0.6 is 0 Å². The lowest BCUT2D eigenvalue weighted by molar-refractivity contribution is 0.139. The Morgan fingerprint density at radius 1 is 1.32 bits per heavy atom. The number of H-pyrrole nitrogens is 1. The van der Waals surface area contributed by atoms with Crippen LogP contribution in [0.5, 0.6) is 5.75 Å². The maximum atomic E-state index is 5.73. The third-order valence-electron chi connectivity index (χ3n) is 5.38. The average molecular weight is 335 g/mol. The zero-order valence-electron chi connectivity index (χ0n) is 15.0. The molecular weight excluding hydrogens is 310 g/mol. The van der Waals surface area contributed by atoms with Crippen LogP contribution in [0.4, 0.5) is 0 Å². The maximum absolute atomic E-state index is 5.73. The van der Waals surface area contributed by atoms with Gasteiger partial charge in [-0.05, 0) is 55.6 Å². The number of pyridine rings is 1. The average Bonchev–Trinajstić information content (AvgIpc) is 3.15. The number of methoxy groups -OCH3 is 1. The number of nitrogens with one attached hydrogen (secondary N) is 1. The van der Waals surface area contributed by atoms with Gasteiger partial charge in [0, 0.05) is 47.6 Å². The fourth-order valence-electron chi connectivity index (χ4n) is 4.11. The van der Waals surface area contributed by atoms with E-state index in [-0.39, 0.29) is 0 Å². The quantitative estimate of drug-likeness (QED) is 0.757. The molecule has 4 nitrogen and oxygen atoms in total. The topological polar surface area (TPSA) is 41.1 Å². The van der Waals surface area contributed by atoms with E-state index in [2.05, 4.69) is 40.0 Å². The van der Waals surface area contributed by atoms with Crippen molar-refractivity contribution >= 4 is 10.9 Å². The van der Waals surface area contributed by atoms with Gasteiger partial charge in [-0.25, -0.2) is 0 Å². The molecule has 4 rings (SSSR count). The Morgan fingerprint density at radius 3 is 3.04 bits per heavy atom. The van der Waals surface area contributed by atoms with Crippen LogP contribution in [0.15, 0.2) is 42.9 Å². The van der Waals surface area contributed by atoms with E-state index in [0.29, 0.717) is 6.04 Å². The van der Waals surface area contributed by atoms with Crippen molar-refractivity contribution in [3.05, 3.63) is 59.5 Å². The molecule has 0 amide bonds. The van der Waals surface area contributed by atoms with Gasteiger partial charge in [0.05, 0.1) is 7.11 Å². The molecule has 0 bridgehead atoms. The summed E-state index contributed by atoms with van der Waals surface area (Å²) >= 11 is 0. The van der Waals surface area contributed by atoms with E-state index in [1.54, 1.807) is 7.11 Å². The molecule has 2 aromatic heterocycles. The first-order valence-electron chi connectivity index (χ1n) is 9.05. The van der Waals surface area contributed by atoms with Crippen molar-refractivity contribution in [3.8, 4) is 5.75 Å². The Balaban J connectivity index is 1.72. The van der Waals surface area contributed by atoms with Crippen LogP contribution in [0.3, 0.4) is 0 Å². The number of benzene rings is 1. The normalized spacial score (nSPS) is 18.6. The van der Waals surface area contributed by atoms with Crippen LogP contribution in [0.1, 0.15) is 42.0 Å². The highest BCUT2D eigenvalue weighted by molar-refractivity contribution is 5.88. The molecule has 1 N–H and O–H groups in total. The number of aryl methyl sites for hydroxylation is 1. The first-order chi connectivity index (χ1) is 12.3. The Hall–Kier alpha value is -2.33. The lowest BCUT2D eigenvalue weighted by Gasteiger charge is -2.36. The summed E-state index contributed by atoms with van der Waals surface area (Å²) in [5, 5.41) is 1.27. The van der Waals surface area contributed by atoms with Crippen molar-refractivity contribution in [1.82, 2.24) is 14.9 Å². The van der Waals surface area contributed by atoms with Gasteiger partial charge in [0.2, 0.25) is 0 Å². The first kappa shape index (κ1) is 16.2. The molecule has 0 radical (unpaired) electrons. The molecule has 25 heavy (non-hydrogen) atoms. The summed E-state index contributed by atoms with van der Waals surface area (Å²) in [7, 11) is 1.77. The molecule has 0 aliphatic carbocycles. The zero-order chi connectivity index (χ0) is 17.2. The van der Waals surface area contributed by atoms with Gasteiger partial charge in [0.25, 0.3) is 0 Å². The van der Waals surface area contributed by atoms with Gasteiger partial charge >= 0.3 is 0 Å². The van der Waals surface area contributed by atoms with E-state index in [1.807, 2.05) is 24.7 Å². The highest BCUT2D eigenvalue weighted by Crippen LogP contribution is 2.36. The van der Waals surface area contributed by atoms with Crippen molar-refractivity contribution in [1.29, 1.82) is 0 Å². The second-order valence-electron chi connectivity index (χ2n) is 6.91. The SMILES string of the molecule is COc1cc(C)c2[nH]ccc2c1CN1CCCC[C@@H]1c1cccnc1. The molecule has 1 aromatic carbocycles. The van der Waals surface area contributed by atoms with Crippen LogP contribution < -0.4 is 4.74 Å². The number of likely N-dealkylation sites (tertiary alicyclic amines) is 1. The Kier molecular flexibility index (Phi) is 4.45. The monoisotopic (exact) mass is 335 g/mol. The predicted molar refractivity (Wildman–Crippen MR) is 101 cm³/mol. The number of rotatable bonds is 4. The Labute approximate surface area is 148 Å². The number of nitrogens with zero attached hydrogens (tertiary/aromatic N) is 2. The van der Waals surface area contributed by atoms with Crippen molar-refractivity contribution < 1.29 is 4.74 Å². The van der Waals surface area contributed by atoms with Crippen LogP contribution in [0, 0.1) is 6.92 Å². The van der Waals surface area contributed by atoms with E-state index in [4.69, 9.17) is 4.74 Å². The number of aromatic nitrogens is 2. The summed E-state index contributed by atoms with van der Waals surface area (Å²) in [5.74, 6) is 0.986. The summed E-state index contributed by atoms with van der Waals surface area (Å²) < 4.78 is 5.73. The smallest absolute Gasteiger partial charge is 0.124 e. The molecule has 1 atom stereocenters. The van der Waals surface area contributed by atoms with Crippen LogP contribution in [0.25, 0.3) is 10.9 Å². The lowest BCUT2D eigenvalue weighted by atomic mass is 9.95. The molecule has 1 saturated heterocycles. The summed E-state index contributed by atoms with van der Waals surface area (Å²) in [5.41, 5.74) is 5.03. The van der Waals surface area contributed by atoms with Gasteiger partial charge in [-0.15, -0.1) is 0 Å². The van der Waals surface area contributed by atoms with Gasteiger partial charge in [0.1, 0.15) is 5.75 Å². The fourth-order valence-corrected chi connectivity index (χ4v) is 4.11. The van der Waals surface area contributed by atoms with Crippen molar-refractivity contribution in [3.63, 3.8) is 0 Å². The predicted octanol–water partition coefficient (Wildman–Crippen LogP) is 4.61. The molecular formula is C21H25N3O. The molecule has 4 heteroatoms. The van der Waals surface area contributed by atoms with Gasteiger partial charge in [-0.3, -0.25) is 9.88 Å². The van der Waals surface area contributed by atoms with Crippen LogP contribution in [-0.4, -0.2) is 28.5 Å². The van der Waals surface area contributed by atoms with Crippen LogP contribution in [-0.2, 0) is 6.54 Å². The van der Waals surface area contributed by atoms with Crippen molar-refractivity contribution in [2.24, 2.45) is 0 Å². The standard InChI is InChI=1S/C21H25N3O/c1-15-12-20(25-2)18(17-8-10-23-21(15)17)14-24-11-4-3-7-19(24)16-6-5-9-22-13-16/h5-6,8-10,12-13,19,23H,3-4,7,11,14H2,1-2H3/t19-/m1/s1. The second kappa shape index (κ2) is 6.89. The van der Waals surface area contributed by atoms with Crippen molar-refractivity contribution in [2.45, 2.75) is 38.8 Å². The number of piperidine rings is 1. The molecule has 1 aliphatic rings. The van der Waals surface area contributed by atoms with Gasteiger partial charge in [-0.1, -0.05) is 12.5 Å². The number of hydrogen-bond donors (Lipinski definition) is 1. The fraction of sp³-hybridized carbons (Fsp3) is 0.381. The molecule has 1 fully saturated rings. The third kappa shape index (κ3) is 3.02. The van der Waals surface area contributed by atoms with E-state index < -0.39 is 0 Å². The van der Waals surface area contributed by atoms with E-state index >= 15 is 0 Å². The number of fused-ring (bicyclic) bond motifs is 1. The maximum Gasteiger partial charge on any atom is 0.124 e. The minimum Gasteiger partial charge on any atom is -0.496 e. The number of hydrogen-bond acceptors (Lipinski definition) is 3. The Morgan fingerprint density at radius 2 is 2.24 bits per heavy atom. The molecule has 0 spiro atoms. The molecule has 3 aromatic rings. The van der Waals surface area contributed by atoms with Gasteiger partial charge < -0.3 is 9.72 Å². The number of aromatic amines is 1. The molecule has 1 aliphatic heterocycles. The van der Waals surface area contributed by atoms with E-state index in [9.17, 15) is 0 Å². The molecule has 0 saturated carbocycles. The number of ether oxygens (including phenoxy) is 1. The van der Waals surface area contributed by atoms with Gasteiger partial charge in [0.15, 0.2) is 0 Å². The summed E-state index contributed by atoms with van der Waals surface area (Å²) in [6.45, 7) is 4.14. The lowest BCUT2D eigenvalue weighted by Crippen LogP contribution is -2.33. The molecule has 130 valence electrons. The second-order valence-corrected chi connectivity index (χ2v) is 6.91. The highest BCUT2D eigenvalue weighted by atomic mass is 16.5. The minimum absolute atomic E-state index is 0.433. The summed E-state index contributed by atoms with van der Waals surface area (Å²) in [6.07, 6.45) is 9.61.